The van der Waals surface area contributed by atoms with E-state index in [0.717, 1.165) is 23.2 Å². The third-order valence-electron chi connectivity index (χ3n) is 3.26. The van der Waals surface area contributed by atoms with Gasteiger partial charge in [0.05, 0.1) is 6.54 Å². The molecule has 1 heterocycles. The molecule has 2 rings (SSSR count). The quantitative estimate of drug-likeness (QED) is 0.914. The van der Waals surface area contributed by atoms with Crippen LogP contribution in [0.3, 0.4) is 0 Å². The van der Waals surface area contributed by atoms with Crippen molar-refractivity contribution in [1.29, 1.82) is 0 Å². The van der Waals surface area contributed by atoms with Crippen molar-refractivity contribution in [2.45, 2.75) is 6.04 Å². The van der Waals surface area contributed by atoms with Crippen LogP contribution in [-0.4, -0.2) is 50.6 Å². The zero-order chi connectivity index (χ0) is 13.1. The SMILES string of the molecule is CNCC1CN(c2cccc(Br)c2)C(=O)CN1C. The van der Waals surface area contributed by atoms with E-state index in [1.54, 1.807) is 0 Å². The van der Waals surface area contributed by atoms with Crippen molar-refractivity contribution in [1.82, 2.24) is 10.2 Å². The Bertz CT molecular complexity index is 438. The molecule has 1 aliphatic heterocycles. The molecule has 0 spiro atoms. The summed E-state index contributed by atoms with van der Waals surface area (Å²) in [4.78, 5) is 16.1. The average Bonchev–Trinajstić information content (AvgIpc) is 2.33. The van der Waals surface area contributed by atoms with E-state index in [-0.39, 0.29) is 5.91 Å². The Morgan fingerprint density at radius 3 is 2.94 bits per heavy atom. The number of hydrogen-bond acceptors (Lipinski definition) is 3. The Kier molecular flexibility index (Phi) is 4.37. The van der Waals surface area contributed by atoms with Crippen LogP contribution >= 0.6 is 15.9 Å². The first-order valence-electron chi connectivity index (χ1n) is 6.02. The highest BCUT2D eigenvalue weighted by Crippen LogP contribution is 2.22. The van der Waals surface area contributed by atoms with Gasteiger partial charge in [0.25, 0.3) is 0 Å². The van der Waals surface area contributed by atoms with Gasteiger partial charge in [-0.1, -0.05) is 22.0 Å². The fourth-order valence-electron chi connectivity index (χ4n) is 2.23. The minimum atomic E-state index is 0.156. The number of carbonyl (C=O) groups is 1. The minimum absolute atomic E-state index is 0.156. The number of anilines is 1. The molecule has 0 radical (unpaired) electrons. The number of halogens is 1. The van der Waals surface area contributed by atoms with E-state index in [9.17, 15) is 4.79 Å². The van der Waals surface area contributed by atoms with Crippen molar-refractivity contribution in [3.63, 3.8) is 0 Å². The number of benzene rings is 1. The topological polar surface area (TPSA) is 35.6 Å². The van der Waals surface area contributed by atoms with Gasteiger partial charge in [-0.2, -0.15) is 0 Å². The van der Waals surface area contributed by atoms with Crippen LogP contribution in [0, 0.1) is 0 Å². The normalized spacial score (nSPS) is 21.4. The van der Waals surface area contributed by atoms with Gasteiger partial charge in [-0.05, 0) is 32.3 Å². The van der Waals surface area contributed by atoms with Crippen LogP contribution < -0.4 is 10.2 Å². The highest BCUT2D eigenvalue weighted by Gasteiger charge is 2.30. The Labute approximate surface area is 116 Å². The molecule has 1 N–H and O–H groups in total. The number of amides is 1. The lowest BCUT2D eigenvalue weighted by molar-refractivity contribution is -0.121. The molecule has 1 aliphatic rings. The number of hydrogen-bond donors (Lipinski definition) is 1. The largest absolute Gasteiger partial charge is 0.318 e. The molecule has 1 aromatic rings. The number of piperazine rings is 1. The molecule has 1 fully saturated rings. The summed E-state index contributed by atoms with van der Waals surface area (Å²) >= 11 is 3.45. The van der Waals surface area contributed by atoms with Crippen molar-refractivity contribution in [3.05, 3.63) is 28.7 Å². The van der Waals surface area contributed by atoms with E-state index < -0.39 is 0 Å². The molecule has 1 amide bonds. The van der Waals surface area contributed by atoms with Crippen molar-refractivity contribution in [2.75, 3.05) is 38.6 Å². The van der Waals surface area contributed by atoms with Crippen LogP contribution in [0.5, 0.6) is 0 Å². The van der Waals surface area contributed by atoms with E-state index >= 15 is 0 Å². The van der Waals surface area contributed by atoms with Crippen LogP contribution in [0.1, 0.15) is 0 Å². The molecule has 98 valence electrons. The van der Waals surface area contributed by atoms with E-state index in [0.29, 0.717) is 12.6 Å². The maximum absolute atomic E-state index is 12.1. The Morgan fingerprint density at radius 2 is 2.28 bits per heavy atom. The maximum atomic E-state index is 12.1. The lowest BCUT2D eigenvalue weighted by Gasteiger charge is -2.39. The van der Waals surface area contributed by atoms with Crippen molar-refractivity contribution in [3.8, 4) is 0 Å². The molecule has 4 nitrogen and oxygen atoms in total. The molecule has 0 aromatic heterocycles. The summed E-state index contributed by atoms with van der Waals surface area (Å²) < 4.78 is 0.997. The zero-order valence-electron chi connectivity index (χ0n) is 10.7. The summed E-state index contributed by atoms with van der Waals surface area (Å²) in [7, 11) is 3.94. The van der Waals surface area contributed by atoms with Gasteiger partial charge in [0, 0.05) is 29.3 Å². The molecule has 5 heteroatoms. The van der Waals surface area contributed by atoms with Gasteiger partial charge in [-0.25, -0.2) is 0 Å². The summed E-state index contributed by atoms with van der Waals surface area (Å²) in [5.74, 6) is 0.156. The second-order valence-corrected chi connectivity index (χ2v) is 5.53. The number of likely N-dealkylation sites (N-methyl/N-ethyl adjacent to an activating group) is 2. The standard InChI is InChI=1S/C13H18BrN3O/c1-15-7-12-8-17(13(18)9-16(12)2)11-5-3-4-10(14)6-11/h3-6,12,15H,7-9H2,1-2H3. The summed E-state index contributed by atoms with van der Waals surface area (Å²) in [6.07, 6.45) is 0. The van der Waals surface area contributed by atoms with Crippen molar-refractivity contribution < 1.29 is 4.79 Å². The van der Waals surface area contributed by atoms with Gasteiger partial charge < -0.3 is 10.2 Å². The smallest absolute Gasteiger partial charge is 0.241 e. The number of nitrogens with zero attached hydrogens (tertiary/aromatic N) is 2. The third kappa shape index (κ3) is 2.91. The summed E-state index contributed by atoms with van der Waals surface area (Å²) in [5.41, 5.74) is 0.962. The Balaban J connectivity index is 2.19. The molecule has 1 atom stereocenters. The number of nitrogens with one attached hydrogen (secondary N) is 1. The predicted octanol–water partition coefficient (Wildman–Crippen LogP) is 1.32. The summed E-state index contributed by atoms with van der Waals surface area (Å²) in [5, 5.41) is 3.18. The van der Waals surface area contributed by atoms with Crippen molar-refractivity contribution in [2.24, 2.45) is 0 Å². The van der Waals surface area contributed by atoms with E-state index in [4.69, 9.17) is 0 Å². The van der Waals surface area contributed by atoms with E-state index in [2.05, 4.69) is 26.1 Å². The van der Waals surface area contributed by atoms with E-state index in [1.807, 2.05) is 43.3 Å². The van der Waals surface area contributed by atoms with Gasteiger partial charge in [0.15, 0.2) is 0 Å². The summed E-state index contributed by atoms with van der Waals surface area (Å²) in [6.45, 7) is 2.08. The second-order valence-electron chi connectivity index (χ2n) is 4.61. The molecule has 0 saturated carbocycles. The first-order chi connectivity index (χ1) is 8.61. The molecular weight excluding hydrogens is 294 g/mol. The van der Waals surface area contributed by atoms with Crippen LogP contribution in [0.15, 0.2) is 28.7 Å². The highest BCUT2D eigenvalue weighted by atomic mass is 79.9. The van der Waals surface area contributed by atoms with E-state index in [1.165, 1.54) is 0 Å². The minimum Gasteiger partial charge on any atom is -0.318 e. The zero-order valence-corrected chi connectivity index (χ0v) is 12.3. The van der Waals surface area contributed by atoms with Gasteiger partial charge in [-0.3, -0.25) is 9.69 Å². The molecule has 1 aromatic carbocycles. The van der Waals surface area contributed by atoms with Crippen LogP contribution in [0.25, 0.3) is 0 Å². The predicted molar refractivity (Wildman–Crippen MR) is 76.8 cm³/mol. The molecule has 1 saturated heterocycles. The Morgan fingerprint density at radius 1 is 1.50 bits per heavy atom. The van der Waals surface area contributed by atoms with Crippen LogP contribution in [-0.2, 0) is 4.79 Å². The third-order valence-corrected chi connectivity index (χ3v) is 3.76. The van der Waals surface area contributed by atoms with Gasteiger partial charge >= 0.3 is 0 Å². The van der Waals surface area contributed by atoms with Gasteiger partial charge in [0.1, 0.15) is 0 Å². The maximum Gasteiger partial charge on any atom is 0.241 e. The second kappa shape index (κ2) is 5.82. The average molecular weight is 312 g/mol. The molecule has 0 bridgehead atoms. The molecule has 18 heavy (non-hydrogen) atoms. The van der Waals surface area contributed by atoms with Gasteiger partial charge in [0.2, 0.25) is 5.91 Å². The number of carbonyl (C=O) groups excluding carboxylic acids is 1. The van der Waals surface area contributed by atoms with Gasteiger partial charge in [-0.15, -0.1) is 0 Å². The van der Waals surface area contributed by atoms with Crippen LogP contribution in [0.2, 0.25) is 0 Å². The highest BCUT2D eigenvalue weighted by molar-refractivity contribution is 9.10. The lowest BCUT2D eigenvalue weighted by Crippen LogP contribution is -2.57. The molecule has 0 aliphatic carbocycles. The van der Waals surface area contributed by atoms with Crippen LogP contribution in [0.4, 0.5) is 5.69 Å². The first kappa shape index (κ1) is 13.5. The number of rotatable bonds is 3. The molecular formula is C13H18BrN3O. The molecule has 1 unspecified atom stereocenters. The summed E-state index contributed by atoms with van der Waals surface area (Å²) in [6, 6.07) is 8.24. The first-order valence-corrected chi connectivity index (χ1v) is 6.82. The monoisotopic (exact) mass is 311 g/mol. The Hall–Kier alpha value is -0.910. The lowest BCUT2D eigenvalue weighted by atomic mass is 10.1. The fourth-order valence-corrected chi connectivity index (χ4v) is 2.62. The fraction of sp³-hybridized carbons (Fsp3) is 0.462. The van der Waals surface area contributed by atoms with Crippen molar-refractivity contribution >= 4 is 27.5 Å².